The topological polar surface area (TPSA) is 43.1 Å². The van der Waals surface area contributed by atoms with Crippen molar-refractivity contribution in [2.24, 2.45) is 0 Å². The minimum atomic E-state index is -2.03. The Morgan fingerprint density at radius 2 is 1.52 bits per heavy atom. The summed E-state index contributed by atoms with van der Waals surface area (Å²) < 4.78 is 12.4. The predicted molar refractivity (Wildman–Crippen MR) is 281 cm³/mol. The van der Waals surface area contributed by atoms with Gasteiger partial charge in [0.25, 0.3) is 0 Å². The van der Waals surface area contributed by atoms with Crippen LogP contribution in [0.3, 0.4) is 0 Å². The molecule has 3 aromatic heterocycles. The third kappa shape index (κ3) is 8.67. The van der Waals surface area contributed by atoms with Crippen LogP contribution in [0, 0.1) is 12.1 Å². The molecule has 1 atom stereocenters. The number of thiophene rings is 1. The first-order chi connectivity index (χ1) is 31.6. The van der Waals surface area contributed by atoms with Crippen molar-refractivity contribution in [1.82, 2.24) is 9.97 Å². The predicted octanol–water partition coefficient (Wildman–Crippen LogP) is 16.3. The van der Waals surface area contributed by atoms with E-state index >= 15 is 0 Å². The number of aryl methyl sites for hydroxylation is 2. The minimum Gasteiger partial charge on any atom is 3.00 e. The van der Waals surface area contributed by atoms with Crippen LogP contribution < -0.4 is 9.30 Å². The van der Waals surface area contributed by atoms with Gasteiger partial charge in [-0.25, -0.2) is 11.3 Å². The van der Waals surface area contributed by atoms with E-state index in [0.717, 1.165) is 52.3 Å². The zero-order valence-corrected chi connectivity index (χ0v) is 44.5. The molecule has 6 aromatic carbocycles. The van der Waals surface area contributed by atoms with Gasteiger partial charge in [0, 0.05) is 33.5 Å². The van der Waals surface area contributed by atoms with Gasteiger partial charge in [-0.2, -0.15) is 18.2 Å². The van der Waals surface area contributed by atoms with Crippen LogP contribution in [-0.2, 0) is 38.4 Å². The first kappa shape index (κ1) is 44.7. The summed E-state index contributed by atoms with van der Waals surface area (Å²) in [7, 11) is 0. The SMILES string of the molecule is CC(C)(C)c1ccc(N2c3ccc4ccccc4c3[N-]C2c2[c-]ccc3c2sc2c4c(ncc23)CCCC4)c(-c2ccccc2)c1.[2H]C(C)(C)c1cc(-c2[c-]cccc2)nc[c]1[Ge]([CH3])([CH3])[CH3].[Ir+3]. The maximum absolute atomic E-state index is 8.44. The molecule has 0 fully saturated rings. The Hall–Kier alpha value is -5.11. The van der Waals surface area contributed by atoms with Crippen LogP contribution in [0.4, 0.5) is 17.1 Å². The Labute approximate surface area is 413 Å². The molecule has 1 unspecified atom stereocenters. The monoisotopic (exact) mass is 1120 g/mol. The van der Waals surface area contributed by atoms with E-state index in [2.05, 4.69) is 169 Å². The summed E-state index contributed by atoms with van der Waals surface area (Å²) in [6.07, 6.45) is 8.53. The average Bonchev–Trinajstić information content (AvgIpc) is 3.91. The van der Waals surface area contributed by atoms with E-state index in [1.807, 2.05) is 55.6 Å². The number of benzene rings is 6. The van der Waals surface area contributed by atoms with Crippen molar-refractivity contribution in [3.63, 3.8) is 0 Å². The van der Waals surface area contributed by atoms with Crippen molar-refractivity contribution < 1.29 is 21.5 Å². The van der Waals surface area contributed by atoms with Gasteiger partial charge < -0.3 is 10.2 Å². The van der Waals surface area contributed by atoms with Gasteiger partial charge in [0.15, 0.2) is 0 Å². The standard InChI is InChI=1S/C42H35N3S.C17H22GeN.Ir/c1-42(2,3)28-21-23-36(33(24-28)26-12-5-4-6-13-26)45-37-22-20-27-14-7-8-15-29(27)38(37)44-41(45)32-18-11-17-30-34-25-43-35-19-10-9-16-31(35)40(34)46-39(30)32;1-13(2)15-11-17(14-9-7-6-8-10-14)19-12-16(15)18(3,4)5;/h4-8,11-15,17,20-25,41H,9-10,16,19H2,1-3H3;6-9,11-13H,1-5H3;/q-2;-1;+3/i;13D;. The maximum Gasteiger partial charge on any atom is 3.00 e. The number of rotatable bonds is 6. The molecule has 332 valence electrons. The Morgan fingerprint density at radius 1 is 0.758 bits per heavy atom. The molecule has 0 amide bonds. The van der Waals surface area contributed by atoms with Gasteiger partial charge in [-0.1, -0.05) is 92.2 Å². The summed E-state index contributed by atoms with van der Waals surface area (Å²) in [5.41, 5.74) is 14.0. The molecule has 2 aliphatic rings. The van der Waals surface area contributed by atoms with Crippen molar-refractivity contribution in [3.8, 4) is 22.4 Å². The van der Waals surface area contributed by atoms with Crippen molar-refractivity contribution >= 4 is 77.0 Å². The molecule has 0 saturated heterocycles. The van der Waals surface area contributed by atoms with Crippen molar-refractivity contribution in [3.05, 3.63) is 185 Å². The average molecular weight is 1120 g/mol. The van der Waals surface area contributed by atoms with Gasteiger partial charge in [0.1, 0.15) is 0 Å². The second-order valence-corrected chi connectivity index (χ2v) is 31.5. The Bertz CT molecular complexity index is 3260. The fourth-order valence-electron chi connectivity index (χ4n) is 9.63. The van der Waals surface area contributed by atoms with Gasteiger partial charge in [-0.3, -0.25) is 4.98 Å². The van der Waals surface area contributed by atoms with Crippen LogP contribution in [0.25, 0.3) is 58.6 Å². The first-order valence-corrected chi connectivity index (χ1v) is 31.2. The van der Waals surface area contributed by atoms with Crippen LogP contribution in [0.5, 0.6) is 0 Å². The van der Waals surface area contributed by atoms with E-state index in [1.165, 1.54) is 76.1 Å². The molecule has 4 heterocycles. The van der Waals surface area contributed by atoms with Gasteiger partial charge in [0.05, 0.1) is 0 Å². The summed E-state index contributed by atoms with van der Waals surface area (Å²) >= 11 is -0.108. The van der Waals surface area contributed by atoms with Crippen molar-refractivity contribution in [2.45, 2.75) is 95.0 Å². The summed E-state index contributed by atoms with van der Waals surface area (Å²) in [5.74, 6) is 6.45. The van der Waals surface area contributed by atoms with E-state index in [-0.39, 0.29) is 31.7 Å². The molecule has 1 aliphatic carbocycles. The van der Waals surface area contributed by atoms with E-state index in [0.29, 0.717) is 0 Å². The number of hydrogen-bond acceptors (Lipinski definition) is 4. The minimum absolute atomic E-state index is 0. The number of anilines is 2. The molecular formula is C59H57GeIrN4S. The fraction of sp³-hybridized carbons (Fsp3) is 0.254. The quantitative estimate of drug-likeness (QED) is 0.123. The molecule has 0 bridgehead atoms. The van der Waals surface area contributed by atoms with E-state index in [4.69, 9.17) is 11.7 Å². The molecule has 1 aliphatic heterocycles. The number of pyridine rings is 2. The number of fused-ring (bicyclic) bond motifs is 8. The summed E-state index contributed by atoms with van der Waals surface area (Å²) in [6.45, 7) is 10.8. The summed E-state index contributed by atoms with van der Waals surface area (Å²) in [6, 6.07) is 52.2. The molecule has 4 nitrogen and oxygen atoms in total. The van der Waals surface area contributed by atoms with Crippen LogP contribution in [0.1, 0.15) is 88.8 Å². The molecule has 0 N–H and O–H groups in total. The Morgan fingerprint density at radius 3 is 2.27 bits per heavy atom. The van der Waals surface area contributed by atoms with E-state index in [1.54, 1.807) is 0 Å². The molecule has 0 radical (unpaired) electrons. The molecule has 9 aromatic rings. The van der Waals surface area contributed by atoms with Gasteiger partial charge in [-0.15, -0.1) is 16.6 Å². The van der Waals surface area contributed by atoms with Crippen molar-refractivity contribution in [1.29, 1.82) is 0 Å². The van der Waals surface area contributed by atoms with Crippen LogP contribution >= 0.6 is 11.3 Å². The largest absolute Gasteiger partial charge is 3.00 e. The number of nitrogens with zero attached hydrogens (tertiary/aromatic N) is 4. The van der Waals surface area contributed by atoms with Gasteiger partial charge in [-0.05, 0) is 88.3 Å². The molecule has 7 heteroatoms. The number of aromatic nitrogens is 2. The molecule has 0 saturated carbocycles. The summed E-state index contributed by atoms with van der Waals surface area (Å²) in [4.78, 5) is 12.1. The van der Waals surface area contributed by atoms with Gasteiger partial charge >= 0.3 is 141 Å². The molecular weight excluding hydrogens is 1060 g/mol. The summed E-state index contributed by atoms with van der Waals surface area (Å²) in [5, 5.41) is 10.5. The third-order valence-electron chi connectivity index (χ3n) is 13.1. The zero-order chi connectivity index (χ0) is 46.0. The zero-order valence-electron chi connectivity index (χ0n) is 40.2. The van der Waals surface area contributed by atoms with E-state index in [9.17, 15) is 0 Å². The number of hydrogen-bond donors (Lipinski definition) is 0. The van der Waals surface area contributed by atoms with E-state index < -0.39 is 19.2 Å². The van der Waals surface area contributed by atoms with Crippen molar-refractivity contribution in [2.75, 3.05) is 4.90 Å². The normalized spacial score (nSPS) is 15.1. The Balaban J connectivity index is 0.000000226. The van der Waals surface area contributed by atoms with Crippen LogP contribution in [0.2, 0.25) is 17.3 Å². The maximum atomic E-state index is 8.44. The second kappa shape index (κ2) is 18.5. The third-order valence-corrected chi connectivity index (χ3v) is 18.7. The fourth-order valence-corrected chi connectivity index (χ4v) is 14.3. The second-order valence-electron chi connectivity index (χ2n) is 19.9. The molecule has 0 spiro atoms. The van der Waals surface area contributed by atoms with Crippen LogP contribution in [0.15, 0.2) is 140 Å². The van der Waals surface area contributed by atoms with Crippen LogP contribution in [-0.4, -0.2) is 23.2 Å². The first-order valence-electron chi connectivity index (χ1n) is 23.6. The molecule has 11 rings (SSSR count). The molecule has 66 heavy (non-hydrogen) atoms. The Kier molecular flexibility index (Phi) is 12.6. The smallest absolute Gasteiger partial charge is 3.00 e. The van der Waals surface area contributed by atoms with Gasteiger partial charge in [0.2, 0.25) is 0 Å².